The maximum atomic E-state index is 12.7. The van der Waals surface area contributed by atoms with Crippen molar-refractivity contribution >= 4 is 41.1 Å². The molecule has 1 aromatic rings. The van der Waals surface area contributed by atoms with Crippen molar-refractivity contribution in [3.05, 3.63) is 29.0 Å². The summed E-state index contributed by atoms with van der Waals surface area (Å²) in [5.74, 6) is -0.458. The highest BCUT2D eigenvalue weighted by atomic mass is 35.5. The summed E-state index contributed by atoms with van der Waals surface area (Å²) in [4.78, 5) is 41.4. The largest absolute Gasteiger partial charge is 0.369 e. The van der Waals surface area contributed by atoms with Crippen molar-refractivity contribution < 1.29 is 18.8 Å². The molecule has 0 unspecified atom stereocenters. The van der Waals surface area contributed by atoms with Gasteiger partial charge in [-0.15, -0.1) is 12.8 Å². The van der Waals surface area contributed by atoms with Crippen LogP contribution < -0.4 is 16.8 Å². The van der Waals surface area contributed by atoms with Crippen molar-refractivity contribution in [2.24, 2.45) is 16.5 Å². The molecule has 0 saturated carbocycles. The van der Waals surface area contributed by atoms with Crippen LogP contribution in [-0.2, 0) is 9.59 Å². The number of nitrogens with two attached hydrogens (primary N) is 2. The minimum atomic E-state index is -0.829. The first kappa shape index (κ1) is 27.7. The highest BCUT2D eigenvalue weighted by molar-refractivity contribution is 6.31. The fourth-order valence-electron chi connectivity index (χ4n) is 3.28. The molecule has 2 heterocycles. The van der Waals surface area contributed by atoms with Crippen LogP contribution >= 0.6 is 11.6 Å². The van der Waals surface area contributed by atoms with Gasteiger partial charge in [-0.2, -0.15) is 0 Å². The number of benzene rings is 1. The Balaban J connectivity index is 0.000000308. The smallest absolute Gasteiger partial charge is 0.318 e. The number of urea groups is 1. The average Bonchev–Trinajstić information content (AvgIpc) is 3.24. The van der Waals surface area contributed by atoms with Crippen molar-refractivity contribution in [3.8, 4) is 12.8 Å². The lowest BCUT2D eigenvalue weighted by Crippen LogP contribution is -2.41. The second-order valence-corrected chi connectivity index (χ2v) is 7.71. The van der Waals surface area contributed by atoms with Gasteiger partial charge in [-0.3, -0.25) is 14.9 Å². The third-order valence-corrected chi connectivity index (χ3v) is 5.15. The molecule has 0 bridgehead atoms. The Hall–Kier alpha value is -3.32. The summed E-state index contributed by atoms with van der Waals surface area (Å²) < 4.78 is 12.7. The van der Waals surface area contributed by atoms with E-state index in [9.17, 15) is 18.8 Å². The second-order valence-electron chi connectivity index (χ2n) is 7.30. The van der Waals surface area contributed by atoms with Crippen LogP contribution in [-0.4, -0.2) is 59.8 Å². The molecule has 0 radical (unpaired) electrons. The van der Waals surface area contributed by atoms with Gasteiger partial charge in [0, 0.05) is 26.1 Å². The molecular weight excluding hydrogens is 451 g/mol. The fourth-order valence-corrected chi connectivity index (χ4v) is 3.46. The predicted octanol–water partition coefficient (Wildman–Crippen LogP) is 2.35. The van der Waals surface area contributed by atoms with E-state index in [1.165, 1.54) is 12.1 Å². The van der Waals surface area contributed by atoms with Crippen LogP contribution in [0.3, 0.4) is 0 Å². The van der Waals surface area contributed by atoms with E-state index in [0.717, 1.165) is 57.8 Å². The highest BCUT2D eigenvalue weighted by Gasteiger charge is 2.23. The first-order chi connectivity index (χ1) is 15.8. The number of primary amides is 1. The number of hydrogen-bond acceptors (Lipinski definition) is 4. The number of rotatable bonds is 3. The molecule has 0 aromatic heterocycles. The first-order valence-corrected chi connectivity index (χ1v) is 10.9. The number of aliphatic imine (C=N–C) groups is 1. The van der Waals surface area contributed by atoms with E-state index >= 15 is 0 Å². The summed E-state index contributed by atoms with van der Waals surface area (Å²) >= 11 is 5.51. The summed E-state index contributed by atoms with van der Waals surface area (Å²) in [7, 11) is 0. The number of amides is 4. The standard InChI is InChI=1S/C12H20N2O2.C8H8ClFN4O.C2H2/c15-11-6-2-1-3-9-14(11)10-12(16)13-7-4-5-8-13;9-5-3-4(1-2-6(5)10)13-7(11)14-8(12)15;1-2/h1-10H2;1-3H,(H5,11,12,13,14,15);1-2H. The zero-order chi connectivity index (χ0) is 24.8. The maximum Gasteiger partial charge on any atom is 0.318 e. The van der Waals surface area contributed by atoms with Gasteiger partial charge in [0.15, 0.2) is 0 Å². The molecule has 0 aliphatic carbocycles. The van der Waals surface area contributed by atoms with Crippen LogP contribution in [0, 0.1) is 18.7 Å². The zero-order valence-electron chi connectivity index (χ0n) is 18.4. The van der Waals surface area contributed by atoms with Crippen molar-refractivity contribution in [1.29, 1.82) is 0 Å². The Kier molecular flexibility index (Phi) is 12.3. The third kappa shape index (κ3) is 10.2. The third-order valence-electron chi connectivity index (χ3n) is 4.86. The quantitative estimate of drug-likeness (QED) is 0.347. The van der Waals surface area contributed by atoms with Gasteiger partial charge < -0.3 is 21.3 Å². The summed E-state index contributed by atoms with van der Waals surface area (Å²) in [6.45, 7) is 2.82. The lowest BCUT2D eigenvalue weighted by Gasteiger charge is -2.23. The summed E-state index contributed by atoms with van der Waals surface area (Å²) in [5, 5.41) is 1.97. The minimum Gasteiger partial charge on any atom is -0.369 e. The topological polar surface area (TPSA) is 134 Å². The SMILES string of the molecule is C#C.NC(=O)NC(N)=Nc1ccc(F)c(Cl)c1.O=C(CN1CCCCCC1=O)N1CCCC1. The van der Waals surface area contributed by atoms with Crippen LogP contribution in [0.25, 0.3) is 0 Å². The number of likely N-dealkylation sites (tertiary alicyclic amines) is 2. The molecule has 0 spiro atoms. The van der Waals surface area contributed by atoms with E-state index in [4.69, 9.17) is 23.1 Å². The van der Waals surface area contributed by atoms with E-state index in [1.54, 1.807) is 4.90 Å². The molecule has 2 saturated heterocycles. The number of terminal acetylenes is 1. The van der Waals surface area contributed by atoms with Gasteiger partial charge in [-0.25, -0.2) is 14.2 Å². The Labute approximate surface area is 198 Å². The first-order valence-electron chi connectivity index (χ1n) is 10.5. The Morgan fingerprint density at radius 2 is 1.73 bits per heavy atom. The zero-order valence-corrected chi connectivity index (χ0v) is 19.2. The molecule has 33 heavy (non-hydrogen) atoms. The van der Waals surface area contributed by atoms with E-state index in [0.29, 0.717) is 18.7 Å². The molecule has 2 aliphatic heterocycles. The number of halogens is 2. The Morgan fingerprint density at radius 3 is 2.33 bits per heavy atom. The highest BCUT2D eigenvalue weighted by Crippen LogP contribution is 2.21. The van der Waals surface area contributed by atoms with Gasteiger partial charge >= 0.3 is 6.03 Å². The molecular formula is C22H30ClFN6O3. The van der Waals surface area contributed by atoms with E-state index in [2.05, 4.69) is 23.2 Å². The van der Waals surface area contributed by atoms with Gasteiger partial charge in [0.05, 0.1) is 17.3 Å². The molecule has 0 atom stereocenters. The minimum absolute atomic E-state index is 0.0804. The van der Waals surface area contributed by atoms with Crippen molar-refractivity contribution in [1.82, 2.24) is 15.1 Å². The summed E-state index contributed by atoms with van der Waals surface area (Å²) in [6.07, 6.45) is 14.0. The number of guanidine groups is 1. The monoisotopic (exact) mass is 480 g/mol. The van der Waals surface area contributed by atoms with Gasteiger partial charge in [-0.05, 0) is 43.9 Å². The van der Waals surface area contributed by atoms with Crippen LogP contribution in [0.2, 0.25) is 5.02 Å². The van der Waals surface area contributed by atoms with Gasteiger partial charge in [0.1, 0.15) is 5.82 Å². The molecule has 2 aliphatic rings. The van der Waals surface area contributed by atoms with Crippen LogP contribution in [0.1, 0.15) is 38.5 Å². The molecule has 180 valence electrons. The molecule has 3 rings (SSSR count). The number of carbonyl (C=O) groups is 3. The fraction of sp³-hybridized carbons (Fsp3) is 0.455. The molecule has 2 fully saturated rings. The number of carbonyl (C=O) groups excluding carboxylic acids is 3. The lowest BCUT2D eigenvalue weighted by atomic mass is 10.2. The van der Waals surface area contributed by atoms with Gasteiger partial charge in [0.25, 0.3) is 0 Å². The van der Waals surface area contributed by atoms with Crippen molar-refractivity contribution in [3.63, 3.8) is 0 Å². The van der Waals surface area contributed by atoms with E-state index < -0.39 is 11.8 Å². The molecule has 1 aromatic carbocycles. The number of hydrogen-bond donors (Lipinski definition) is 3. The van der Waals surface area contributed by atoms with Gasteiger partial charge in [0.2, 0.25) is 17.8 Å². The maximum absolute atomic E-state index is 12.7. The molecule has 9 nitrogen and oxygen atoms in total. The average molecular weight is 481 g/mol. The number of nitrogens with zero attached hydrogens (tertiary/aromatic N) is 3. The summed E-state index contributed by atoms with van der Waals surface area (Å²) in [5.41, 5.74) is 10.4. The van der Waals surface area contributed by atoms with E-state index in [-0.39, 0.29) is 22.8 Å². The second kappa shape index (κ2) is 14.7. The van der Waals surface area contributed by atoms with Crippen molar-refractivity contribution in [2.75, 3.05) is 26.2 Å². The molecule has 5 N–H and O–H groups in total. The van der Waals surface area contributed by atoms with Gasteiger partial charge in [-0.1, -0.05) is 18.0 Å². The normalized spacial score (nSPS) is 16.0. The molecule has 4 amide bonds. The van der Waals surface area contributed by atoms with Crippen LogP contribution in [0.15, 0.2) is 23.2 Å². The Morgan fingerprint density at radius 1 is 1.09 bits per heavy atom. The van der Waals surface area contributed by atoms with Crippen molar-refractivity contribution in [2.45, 2.75) is 38.5 Å². The summed E-state index contributed by atoms with van der Waals surface area (Å²) in [6, 6.07) is 2.94. The predicted molar refractivity (Wildman–Crippen MR) is 126 cm³/mol. The number of nitrogens with one attached hydrogen (secondary N) is 1. The lowest BCUT2D eigenvalue weighted by molar-refractivity contribution is -0.139. The molecule has 11 heteroatoms. The van der Waals surface area contributed by atoms with E-state index in [1.807, 2.05) is 4.90 Å². The van der Waals surface area contributed by atoms with Crippen LogP contribution in [0.4, 0.5) is 14.9 Å². The Bertz CT molecular complexity index is 871. The van der Waals surface area contributed by atoms with Crippen LogP contribution in [0.5, 0.6) is 0 Å².